The molecule has 0 aliphatic carbocycles. The molecule has 5 rings (SSSR count). The van der Waals surface area contributed by atoms with Crippen LogP contribution in [0.4, 0.5) is 19.0 Å². The second kappa shape index (κ2) is 8.03. The molecule has 1 amide bonds. The van der Waals surface area contributed by atoms with E-state index in [9.17, 15) is 18.0 Å². The summed E-state index contributed by atoms with van der Waals surface area (Å²) in [5, 5.41) is 8.16. The van der Waals surface area contributed by atoms with Crippen molar-refractivity contribution in [3.63, 3.8) is 0 Å². The number of anilines is 1. The molecule has 2 fully saturated rings. The van der Waals surface area contributed by atoms with Gasteiger partial charge in [-0.15, -0.1) is 0 Å². The maximum atomic E-state index is 13.5. The third kappa shape index (κ3) is 3.93. The maximum Gasteiger partial charge on any atom is 0.435 e. The van der Waals surface area contributed by atoms with Gasteiger partial charge in [0.1, 0.15) is 5.82 Å². The Bertz CT molecular complexity index is 1190. The van der Waals surface area contributed by atoms with Crippen LogP contribution in [0.2, 0.25) is 0 Å². The highest BCUT2D eigenvalue weighted by molar-refractivity contribution is 5.95. The summed E-state index contributed by atoms with van der Waals surface area (Å²) in [7, 11) is 1.38. The number of aryl methyl sites for hydroxylation is 2. The van der Waals surface area contributed by atoms with Crippen molar-refractivity contribution in [1.29, 1.82) is 0 Å². The number of piperidine rings is 1. The van der Waals surface area contributed by atoms with Crippen molar-refractivity contribution in [2.24, 2.45) is 7.05 Å². The lowest BCUT2D eigenvalue weighted by Crippen LogP contribution is -2.39. The summed E-state index contributed by atoms with van der Waals surface area (Å²) >= 11 is 0. The topological polar surface area (TPSA) is 71.6 Å². The highest BCUT2D eigenvalue weighted by atomic mass is 19.4. The van der Waals surface area contributed by atoms with Crippen LogP contribution in [0, 0.1) is 6.92 Å². The SMILES string of the molecule is Cc1cn2nc([C@@H]3CCCCN3C(=O)c3cn(C)nc3C(F)(F)F)cc2nc1N1CCCC1. The number of aromatic nitrogens is 5. The molecule has 0 radical (unpaired) electrons. The van der Waals surface area contributed by atoms with Crippen LogP contribution in [0.25, 0.3) is 5.65 Å². The number of carbonyl (C=O) groups is 1. The van der Waals surface area contributed by atoms with Gasteiger partial charge in [0.05, 0.1) is 17.3 Å². The largest absolute Gasteiger partial charge is 0.435 e. The highest BCUT2D eigenvalue weighted by Gasteiger charge is 2.41. The fourth-order valence-corrected chi connectivity index (χ4v) is 4.92. The molecule has 0 aromatic carbocycles. The standard InChI is InChI=1S/C22H26F3N7O/c1-14-12-32-18(26-20(14)30-8-5-6-9-30)11-16(27-32)17-7-3-4-10-31(17)21(33)15-13-29(2)28-19(15)22(23,24)25/h11-13,17H,3-10H2,1-2H3/t17-/m0/s1. The van der Waals surface area contributed by atoms with Crippen molar-refractivity contribution in [3.8, 4) is 0 Å². The average molecular weight is 461 g/mol. The van der Waals surface area contributed by atoms with Crippen molar-refractivity contribution < 1.29 is 18.0 Å². The van der Waals surface area contributed by atoms with E-state index in [0.717, 1.165) is 61.0 Å². The number of amides is 1. The molecule has 2 saturated heterocycles. The van der Waals surface area contributed by atoms with E-state index in [2.05, 4.69) is 15.1 Å². The van der Waals surface area contributed by atoms with Gasteiger partial charge in [0.15, 0.2) is 11.3 Å². The Labute approximate surface area is 189 Å². The molecule has 0 bridgehead atoms. The molecule has 0 unspecified atom stereocenters. The number of rotatable bonds is 3. The van der Waals surface area contributed by atoms with E-state index in [0.29, 0.717) is 24.3 Å². The van der Waals surface area contributed by atoms with Gasteiger partial charge in [0.25, 0.3) is 5.91 Å². The van der Waals surface area contributed by atoms with E-state index >= 15 is 0 Å². The Hall–Kier alpha value is -3.11. The molecular formula is C22H26F3N7O. The number of likely N-dealkylation sites (tertiary alicyclic amines) is 1. The fraction of sp³-hybridized carbons (Fsp3) is 0.545. The van der Waals surface area contributed by atoms with E-state index in [1.54, 1.807) is 4.52 Å². The second-order valence-corrected chi connectivity index (χ2v) is 8.89. The van der Waals surface area contributed by atoms with Crippen molar-refractivity contribution >= 4 is 17.4 Å². The molecular weight excluding hydrogens is 435 g/mol. The molecule has 33 heavy (non-hydrogen) atoms. The minimum absolute atomic E-state index is 0.370. The second-order valence-electron chi connectivity index (χ2n) is 8.89. The van der Waals surface area contributed by atoms with Crippen LogP contribution in [0.3, 0.4) is 0 Å². The van der Waals surface area contributed by atoms with Gasteiger partial charge >= 0.3 is 6.18 Å². The minimum Gasteiger partial charge on any atom is -0.356 e. The number of halogens is 3. The Balaban J connectivity index is 1.49. The molecule has 3 aromatic rings. The van der Waals surface area contributed by atoms with E-state index in [-0.39, 0.29) is 0 Å². The van der Waals surface area contributed by atoms with E-state index < -0.39 is 29.4 Å². The van der Waals surface area contributed by atoms with Crippen LogP contribution < -0.4 is 4.90 Å². The third-order valence-electron chi connectivity index (χ3n) is 6.46. The van der Waals surface area contributed by atoms with Gasteiger partial charge in [0, 0.05) is 50.7 Å². The van der Waals surface area contributed by atoms with Gasteiger partial charge in [-0.2, -0.15) is 23.4 Å². The van der Waals surface area contributed by atoms with Gasteiger partial charge in [-0.05, 0) is 39.0 Å². The number of hydrogen-bond acceptors (Lipinski definition) is 5. The molecule has 176 valence electrons. The maximum absolute atomic E-state index is 13.5. The Morgan fingerprint density at radius 1 is 1.06 bits per heavy atom. The molecule has 0 N–H and O–H groups in total. The van der Waals surface area contributed by atoms with Gasteiger partial charge in [-0.25, -0.2) is 9.50 Å². The fourth-order valence-electron chi connectivity index (χ4n) is 4.92. The summed E-state index contributed by atoms with van der Waals surface area (Å²) in [6, 6.07) is 1.44. The lowest BCUT2D eigenvalue weighted by atomic mass is 9.98. The quantitative estimate of drug-likeness (QED) is 0.594. The van der Waals surface area contributed by atoms with Gasteiger partial charge in [-0.1, -0.05) is 0 Å². The minimum atomic E-state index is -4.70. The summed E-state index contributed by atoms with van der Waals surface area (Å²) in [5.74, 6) is 0.271. The van der Waals surface area contributed by atoms with Gasteiger partial charge in [-0.3, -0.25) is 9.48 Å². The molecule has 3 aromatic heterocycles. The summed E-state index contributed by atoms with van der Waals surface area (Å²) in [6.45, 7) is 4.32. The first-order chi connectivity index (χ1) is 15.7. The van der Waals surface area contributed by atoms with Gasteiger partial charge in [0.2, 0.25) is 0 Å². The number of hydrogen-bond donors (Lipinski definition) is 0. The molecule has 11 heteroatoms. The van der Waals surface area contributed by atoms with Crippen LogP contribution in [-0.4, -0.2) is 54.8 Å². The van der Waals surface area contributed by atoms with Crippen LogP contribution >= 0.6 is 0 Å². The van der Waals surface area contributed by atoms with Gasteiger partial charge < -0.3 is 9.80 Å². The number of alkyl halides is 3. The summed E-state index contributed by atoms with van der Waals surface area (Å²) in [6.07, 6.45) is 2.89. The van der Waals surface area contributed by atoms with E-state index in [4.69, 9.17) is 4.98 Å². The number of fused-ring (bicyclic) bond motifs is 1. The summed E-state index contributed by atoms with van der Waals surface area (Å²) in [5.41, 5.74) is 0.757. The van der Waals surface area contributed by atoms with Crippen LogP contribution in [0.5, 0.6) is 0 Å². The molecule has 1 atom stereocenters. The lowest BCUT2D eigenvalue weighted by molar-refractivity contribution is -0.141. The monoisotopic (exact) mass is 461 g/mol. The Morgan fingerprint density at radius 3 is 2.52 bits per heavy atom. The normalized spacial score (nSPS) is 19.6. The third-order valence-corrected chi connectivity index (χ3v) is 6.46. The Kier molecular flexibility index (Phi) is 5.29. The predicted molar refractivity (Wildman–Crippen MR) is 115 cm³/mol. The smallest absolute Gasteiger partial charge is 0.356 e. The zero-order valence-electron chi connectivity index (χ0n) is 18.6. The van der Waals surface area contributed by atoms with Crippen LogP contribution in [0.15, 0.2) is 18.5 Å². The molecule has 5 heterocycles. The van der Waals surface area contributed by atoms with Crippen molar-refractivity contribution in [3.05, 3.63) is 41.0 Å². The molecule has 2 aliphatic rings. The highest BCUT2D eigenvalue weighted by Crippen LogP contribution is 2.36. The van der Waals surface area contributed by atoms with Crippen molar-refractivity contribution in [1.82, 2.24) is 29.3 Å². The average Bonchev–Trinajstić information content (AvgIpc) is 3.51. The number of nitrogens with zero attached hydrogens (tertiary/aromatic N) is 7. The first-order valence-electron chi connectivity index (χ1n) is 11.3. The van der Waals surface area contributed by atoms with Crippen molar-refractivity contribution in [2.75, 3.05) is 24.5 Å². The van der Waals surface area contributed by atoms with E-state index in [1.807, 2.05) is 19.2 Å². The molecule has 8 nitrogen and oxygen atoms in total. The lowest BCUT2D eigenvalue weighted by Gasteiger charge is -2.34. The van der Waals surface area contributed by atoms with Crippen LogP contribution in [0.1, 0.15) is 65.5 Å². The van der Waals surface area contributed by atoms with E-state index in [1.165, 1.54) is 11.9 Å². The first kappa shape index (κ1) is 21.7. The first-order valence-corrected chi connectivity index (χ1v) is 11.3. The molecule has 0 saturated carbocycles. The predicted octanol–water partition coefficient (Wildman–Crippen LogP) is 3.76. The van der Waals surface area contributed by atoms with Crippen LogP contribution in [-0.2, 0) is 13.2 Å². The summed E-state index contributed by atoms with van der Waals surface area (Å²) < 4.78 is 43.2. The molecule has 0 spiro atoms. The summed E-state index contributed by atoms with van der Waals surface area (Å²) in [4.78, 5) is 21.9. The molecule has 2 aliphatic heterocycles. The zero-order valence-corrected chi connectivity index (χ0v) is 18.6. The number of carbonyl (C=O) groups excluding carboxylic acids is 1. The zero-order chi connectivity index (χ0) is 23.3. The van der Waals surface area contributed by atoms with Crippen molar-refractivity contribution in [2.45, 2.75) is 51.2 Å². The Morgan fingerprint density at radius 2 is 1.79 bits per heavy atom.